The first kappa shape index (κ1) is 74.8. The highest BCUT2D eigenvalue weighted by Crippen LogP contribution is 2.40. The van der Waals surface area contributed by atoms with E-state index in [4.69, 9.17) is 0 Å². The Kier molecular flexibility index (Phi) is 86.2. The Morgan fingerprint density at radius 3 is 0.344 bits per heavy atom. The van der Waals surface area contributed by atoms with E-state index in [1.54, 1.807) is 75.5 Å². The third kappa shape index (κ3) is 72.8. The van der Waals surface area contributed by atoms with Gasteiger partial charge in [0, 0.05) is 15.8 Å². The fourth-order valence-electron chi connectivity index (χ4n) is 9.24. The second kappa shape index (κ2) is 73.8. The largest absolute Gasteiger partial charge is 1.00 e. The first-order valence-corrected chi connectivity index (χ1v) is 34.5. The van der Waals surface area contributed by atoms with Gasteiger partial charge in [0.15, 0.2) is 0 Å². The van der Waals surface area contributed by atoms with Gasteiger partial charge in [-0.2, -0.15) is 0 Å². The van der Waals surface area contributed by atoms with Crippen LogP contribution in [0.2, 0.25) is 0 Å². The van der Waals surface area contributed by atoms with Crippen molar-refractivity contribution in [2.24, 2.45) is 0 Å². The molecule has 0 rings (SSSR count). The molecular formula is C60H130Br2P2. The second-order valence-electron chi connectivity index (χ2n) is 20.4. The lowest BCUT2D eigenvalue weighted by atomic mass is 10.1. The molecule has 64 heavy (non-hydrogen) atoms. The van der Waals surface area contributed by atoms with Gasteiger partial charge in [0.25, 0.3) is 0 Å². The number of hydrogen-bond acceptors (Lipinski definition) is 0. The molecule has 0 saturated carbocycles. The van der Waals surface area contributed by atoms with E-state index in [2.05, 4.69) is 55.4 Å². The molecule has 0 amide bonds. The molecular weight excluding hydrogens is 942 g/mol. The van der Waals surface area contributed by atoms with Crippen LogP contribution >= 0.6 is 15.8 Å². The molecule has 0 radical (unpaired) electrons. The van der Waals surface area contributed by atoms with Gasteiger partial charge < -0.3 is 34.0 Å². The van der Waals surface area contributed by atoms with E-state index in [9.17, 15) is 0 Å². The minimum atomic E-state index is -0.0222. The molecule has 0 N–H and O–H groups in total. The molecule has 0 aliphatic rings. The van der Waals surface area contributed by atoms with Crippen LogP contribution in [0.5, 0.6) is 0 Å². The molecule has 0 aromatic rings. The summed E-state index contributed by atoms with van der Waals surface area (Å²) >= 11 is 0. The highest BCUT2D eigenvalue weighted by molar-refractivity contribution is 7.57. The Morgan fingerprint density at radius 1 is 0.141 bits per heavy atom. The zero-order chi connectivity index (χ0) is 45.9. The van der Waals surface area contributed by atoms with Crippen LogP contribution in [-0.2, 0) is 0 Å². The maximum atomic E-state index is 2.32. The molecule has 4 heteroatoms. The molecule has 0 nitrogen and oxygen atoms in total. The molecule has 0 unspecified atom stereocenters. The Morgan fingerprint density at radius 2 is 0.234 bits per heavy atom. The van der Waals surface area contributed by atoms with Crippen molar-refractivity contribution in [3.63, 3.8) is 0 Å². The van der Waals surface area contributed by atoms with Crippen LogP contribution in [0, 0.1) is 0 Å². The number of hydrogen-bond donors (Lipinski definition) is 0. The lowest BCUT2D eigenvalue weighted by Gasteiger charge is -2.11. The number of halogens is 2. The summed E-state index contributed by atoms with van der Waals surface area (Å²) in [6, 6.07) is 0. The van der Waals surface area contributed by atoms with Gasteiger partial charge in [0.1, 0.15) is 0 Å². The summed E-state index contributed by atoms with van der Waals surface area (Å²) in [5, 5.41) is 0. The van der Waals surface area contributed by atoms with Crippen LogP contribution in [0.15, 0.2) is 0 Å². The SMILES string of the molecule is CCCCCCCCCCCC.CCCCCCCC[PH+](CCCCCCCC)CCCCCCCC.CCCCCCCC[PH+](CCCCCCCC)CCCCCCCC.[Br-].[Br-]. The molecule has 0 spiro atoms. The van der Waals surface area contributed by atoms with E-state index in [0.29, 0.717) is 0 Å². The highest BCUT2D eigenvalue weighted by Gasteiger charge is 2.16. The zero-order valence-electron chi connectivity index (χ0n) is 46.5. The summed E-state index contributed by atoms with van der Waals surface area (Å²) in [5.41, 5.74) is 0. The van der Waals surface area contributed by atoms with Gasteiger partial charge >= 0.3 is 0 Å². The summed E-state index contributed by atoms with van der Waals surface area (Å²) in [6.07, 6.45) is 77.4. The van der Waals surface area contributed by atoms with Gasteiger partial charge in [-0.15, -0.1) is 0 Å². The third-order valence-corrected chi connectivity index (χ3v) is 20.1. The summed E-state index contributed by atoms with van der Waals surface area (Å²) in [6.45, 7) is 18.5. The predicted octanol–water partition coefficient (Wildman–Crippen LogP) is 17.5. The highest BCUT2D eigenvalue weighted by atomic mass is 79.9. The Bertz CT molecular complexity index is 571. The quantitative estimate of drug-likeness (QED) is 0.0421. The molecule has 0 aromatic heterocycles. The van der Waals surface area contributed by atoms with E-state index in [0.717, 1.165) is 0 Å². The smallest absolute Gasteiger partial charge is 0.0571 e. The molecule has 0 fully saturated rings. The zero-order valence-corrected chi connectivity index (χ0v) is 51.7. The molecule has 0 bridgehead atoms. The fraction of sp³-hybridized carbons (Fsp3) is 1.00. The summed E-state index contributed by atoms with van der Waals surface area (Å²) < 4.78 is 0. The standard InChI is InChI=1S/2C24H51P.C12H26.2BrH/c2*1-4-7-10-13-16-19-22-25(23-20-17-14-11-8-5-2)24-21-18-15-12-9-6-3;1-3-5-7-9-11-12-10-8-6-4-2;;/h2*4-24H2,1-3H3;3-12H2,1-2H3;2*1H. The molecule has 0 aromatic carbocycles. The Hall–Kier alpha value is 1.82. The van der Waals surface area contributed by atoms with E-state index in [1.807, 2.05) is 0 Å². The lowest BCUT2D eigenvalue weighted by molar-refractivity contribution is -0.001000. The van der Waals surface area contributed by atoms with Crippen molar-refractivity contribution in [3.8, 4) is 0 Å². The van der Waals surface area contributed by atoms with E-state index >= 15 is 0 Å². The first-order valence-electron chi connectivity index (χ1n) is 30.3. The molecule has 0 aliphatic carbocycles. The topological polar surface area (TPSA) is 0 Å². The summed E-state index contributed by atoms with van der Waals surface area (Å²) in [7, 11) is -0.0444. The predicted molar refractivity (Wildman–Crippen MR) is 304 cm³/mol. The Balaban J connectivity index is -0.000000284. The van der Waals surface area contributed by atoms with E-state index < -0.39 is 0 Å². The Labute approximate surface area is 434 Å². The normalized spacial score (nSPS) is 11.0. The van der Waals surface area contributed by atoms with Crippen LogP contribution in [-0.4, -0.2) is 37.0 Å². The fourth-order valence-corrected chi connectivity index (χ4v) is 15.2. The molecule has 0 atom stereocenters. The van der Waals surface area contributed by atoms with Crippen LogP contribution in [0.3, 0.4) is 0 Å². The molecule has 0 saturated heterocycles. The van der Waals surface area contributed by atoms with Gasteiger partial charge in [-0.1, -0.05) is 274 Å². The van der Waals surface area contributed by atoms with Gasteiger partial charge in [0.2, 0.25) is 0 Å². The average Bonchev–Trinajstić information content (AvgIpc) is 3.28. The molecule has 0 heterocycles. The van der Waals surface area contributed by atoms with Crippen molar-refractivity contribution < 1.29 is 34.0 Å². The van der Waals surface area contributed by atoms with E-state index in [-0.39, 0.29) is 49.8 Å². The monoisotopic (exact) mass is 1070 g/mol. The average molecular weight is 1070 g/mol. The van der Waals surface area contributed by atoms with Gasteiger partial charge in [-0.05, 0) is 77.0 Å². The second-order valence-corrected chi connectivity index (χ2v) is 26.4. The van der Waals surface area contributed by atoms with Crippen molar-refractivity contribution in [1.82, 2.24) is 0 Å². The maximum Gasteiger partial charge on any atom is 0.0571 e. The van der Waals surface area contributed by atoms with Crippen LogP contribution in [0.4, 0.5) is 0 Å². The maximum absolute atomic E-state index is 2.32. The minimum Gasteiger partial charge on any atom is -1.00 e. The van der Waals surface area contributed by atoms with Gasteiger partial charge in [-0.25, -0.2) is 0 Å². The van der Waals surface area contributed by atoms with Crippen LogP contribution < -0.4 is 34.0 Å². The van der Waals surface area contributed by atoms with E-state index in [1.165, 1.54) is 257 Å². The molecule has 0 aliphatic heterocycles. The lowest BCUT2D eigenvalue weighted by Crippen LogP contribution is -3.00. The summed E-state index contributed by atoms with van der Waals surface area (Å²) in [4.78, 5) is 0. The number of rotatable bonds is 51. The molecule has 394 valence electrons. The third-order valence-electron chi connectivity index (χ3n) is 13.8. The van der Waals surface area contributed by atoms with Crippen molar-refractivity contribution in [2.45, 2.75) is 351 Å². The van der Waals surface area contributed by atoms with Gasteiger partial charge in [0.05, 0.1) is 37.0 Å². The van der Waals surface area contributed by atoms with Gasteiger partial charge in [-0.3, -0.25) is 0 Å². The minimum absolute atomic E-state index is 0. The van der Waals surface area contributed by atoms with Crippen molar-refractivity contribution in [2.75, 3.05) is 37.0 Å². The number of unbranched alkanes of at least 4 members (excludes halogenated alkanes) is 39. The van der Waals surface area contributed by atoms with Crippen molar-refractivity contribution in [3.05, 3.63) is 0 Å². The van der Waals surface area contributed by atoms with Crippen molar-refractivity contribution >= 4 is 15.8 Å². The van der Waals surface area contributed by atoms with Crippen LogP contribution in [0.1, 0.15) is 351 Å². The summed E-state index contributed by atoms with van der Waals surface area (Å²) in [5.74, 6) is 0. The van der Waals surface area contributed by atoms with Crippen LogP contribution in [0.25, 0.3) is 0 Å². The first-order chi connectivity index (χ1) is 30.6. The van der Waals surface area contributed by atoms with Crippen molar-refractivity contribution in [1.29, 1.82) is 0 Å².